The quantitative estimate of drug-likeness (QED) is 0.415. The number of nitrogens with zero attached hydrogens (tertiary/aromatic N) is 4. The summed E-state index contributed by atoms with van der Waals surface area (Å²) < 4.78 is 14.3. The van der Waals surface area contributed by atoms with E-state index in [0.717, 1.165) is 43.7 Å². The highest BCUT2D eigenvalue weighted by Crippen LogP contribution is 2.41. The first-order chi connectivity index (χ1) is 16.4. The van der Waals surface area contributed by atoms with E-state index in [-0.39, 0.29) is 6.04 Å². The molecule has 2 aromatic heterocycles. The van der Waals surface area contributed by atoms with Crippen LogP contribution in [0.2, 0.25) is 5.02 Å². The van der Waals surface area contributed by atoms with Crippen molar-refractivity contribution in [2.24, 2.45) is 11.7 Å². The molecule has 0 spiro atoms. The number of thiol groups is 1. The summed E-state index contributed by atoms with van der Waals surface area (Å²) in [5.74, 6) is 0.678. The smallest absolute Gasteiger partial charge is 0.139 e. The maximum atomic E-state index is 14.3. The molecule has 6 nitrogen and oxygen atoms in total. The topological polar surface area (TPSA) is 80.0 Å². The van der Waals surface area contributed by atoms with Crippen molar-refractivity contribution in [3.63, 3.8) is 0 Å². The molecule has 1 aromatic carbocycles. The van der Waals surface area contributed by atoms with Gasteiger partial charge in [-0.15, -0.1) is 22.8 Å². The fraction of sp³-hybridized carbons (Fsp3) is 0.400. The number of anilines is 2. The number of benzene rings is 1. The Kier molecular flexibility index (Phi) is 6.75. The predicted octanol–water partition coefficient (Wildman–Crippen LogP) is 5.28. The molecule has 34 heavy (non-hydrogen) atoms. The number of hydrogen-bond acceptors (Lipinski definition) is 7. The minimum Gasteiger partial charge on any atom is -0.353 e. The van der Waals surface area contributed by atoms with Gasteiger partial charge in [0, 0.05) is 59.3 Å². The van der Waals surface area contributed by atoms with Crippen LogP contribution in [0.4, 0.5) is 15.8 Å². The second-order valence-electron chi connectivity index (χ2n) is 9.56. The summed E-state index contributed by atoms with van der Waals surface area (Å²) >= 11 is 10.5. The van der Waals surface area contributed by atoms with Crippen LogP contribution >= 0.6 is 24.2 Å². The molecule has 1 aliphatic carbocycles. The van der Waals surface area contributed by atoms with Crippen molar-refractivity contribution in [2.45, 2.75) is 49.2 Å². The van der Waals surface area contributed by atoms with Crippen molar-refractivity contribution in [1.82, 2.24) is 20.1 Å². The van der Waals surface area contributed by atoms with Gasteiger partial charge in [0.25, 0.3) is 0 Å². The molecule has 1 saturated heterocycles. The van der Waals surface area contributed by atoms with Crippen molar-refractivity contribution in [3.8, 4) is 11.3 Å². The second-order valence-corrected chi connectivity index (χ2v) is 10.4. The summed E-state index contributed by atoms with van der Waals surface area (Å²) in [7, 11) is 0. The fourth-order valence-corrected chi connectivity index (χ4v) is 5.41. The van der Waals surface area contributed by atoms with Crippen LogP contribution in [-0.2, 0) is 0 Å². The average molecular weight is 499 g/mol. The SMILES string of the molecule is CC1CC(N)CN(C2CC(c3cc(Nc4cc(-c5cc(Cl)ccc5F)nnc4S)ccn3)C2)C1. The lowest BCUT2D eigenvalue weighted by molar-refractivity contribution is 0.0585. The Balaban J connectivity index is 1.29. The van der Waals surface area contributed by atoms with Gasteiger partial charge in [0.15, 0.2) is 0 Å². The lowest BCUT2D eigenvalue weighted by Crippen LogP contribution is -2.54. The van der Waals surface area contributed by atoms with Crippen molar-refractivity contribution < 1.29 is 4.39 Å². The molecule has 178 valence electrons. The minimum absolute atomic E-state index is 0.281. The van der Waals surface area contributed by atoms with Crippen molar-refractivity contribution in [2.75, 3.05) is 18.4 Å². The molecule has 3 heterocycles. The Bertz CT molecular complexity index is 1180. The van der Waals surface area contributed by atoms with Gasteiger partial charge < -0.3 is 11.1 Å². The van der Waals surface area contributed by atoms with Crippen LogP contribution in [0.3, 0.4) is 0 Å². The zero-order chi connectivity index (χ0) is 23.8. The highest BCUT2D eigenvalue weighted by atomic mass is 35.5. The van der Waals surface area contributed by atoms with Crippen molar-refractivity contribution in [1.29, 1.82) is 0 Å². The van der Waals surface area contributed by atoms with Gasteiger partial charge in [-0.3, -0.25) is 9.88 Å². The normalized spacial score (nSPS) is 25.1. The van der Waals surface area contributed by atoms with E-state index in [4.69, 9.17) is 17.3 Å². The molecule has 0 amide bonds. The Labute approximate surface area is 209 Å². The summed E-state index contributed by atoms with van der Waals surface area (Å²) in [4.78, 5) is 7.19. The van der Waals surface area contributed by atoms with Gasteiger partial charge in [-0.2, -0.15) is 0 Å². The van der Waals surface area contributed by atoms with Crippen LogP contribution in [0.25, 0.3) is 11.3 Å². The number of piperidine rings is 1. The van der Waals surface area contributed by atoms with E-state index < -0.39 is 5.82 Å². The number of nitrogens with two attached hydrogens (primary N) is 1. The molecule has 3 aromatic rings. The molecule has 1 aliphatic heterocycles. The summed E-state index contributed by atoms with van der Waals surface area (Å²) in [6.07, 6.45) is 5.13. The molecule has 2 unspecified atom stereocenters. The Hall–Kier alpha value is -2.26. The zero-order valence-corrected chi connectivity index (χ0v) is 20.6. The molecule has 5 rings (SSSR count). The van der Waals surface area contributed by atoms with Gasteiger partial charge in [-0.05, 0) is 61.6 Å². The van der Waals surface area contributed by atoms with Gasteiger partial charge in [-0.25, -0.2) is 4.39 Å². The van der Waals surface area contributed by atoms with Crippen LogP contribution in [-0.4, -0.2) is 45.3 Å². The van der Waals surface area contributed by atoms with Gasteiger partial charge in [0.1, 0.15) is 10.8 Å². The molecular weight excluding hydrogens is 471 g/mol. The van der Waals surface area contributed by atoms with E-state index in [1.54, 1.807) is 6.07 Å². The Morgan fingerprint density at radius 1 is 1.12 bits per heavy atom. The van der Waals surface area contributed by atoms with Crippen LogP contribution < -0.4 is 11.1 Å². The fourth-order valence-electron chi connectivity index (χ4n) is 5.08. The van der Waals surface area contributed by atoms with Gasteiger partial charge in [0.2, 0.25) is 0 Å². The van der Waals surface area contributed by atoms with Crippen LogP contribution in [0.15, 0.2) is 47.6 Å². The number of aromatic nitrogens is 3. The number of pyridine rings is 1. The zero-order valence-electron chi connectivity index (χ0n) is 19.0. The van der Waals surface area contributed by atoms with E-state index >= 15 is 0 Å². The van der Waals surface area contributed by atoms with Gasteiger partial charge >= 0.3 is 0 Å². The number of rotatable bonds is 5. The predicted molar refractivity (Wildman–Crippen MR) is 136 cm³/mol. The largest absolute Gasteiger partial charge is 0.353 e. The third-order valence-electron chi connectivity index (χ3n) is 6.81. The molecular formula is C25H28ClFN6S. The van der Waals surface area contributed by atoms with Crippen molar-refractivity contribution in [3.05, 3.63) is 59.1 Å². The summed E-state index contributed by atoms with van der Waals surface area (Å²) in [5, 5.41) is 12.4. The highest BCUT2D eigenvalue weighted by Gasteiger charge is 2.38. The molecule has 0 radical (unpaired) electrons. The maximum absolute atomic E-state index is 14.3. The Morgan fingerprint density at radius 2 is 1.94 bits per heavy atom. The Morgan fingerprint density at radius 3 is 2.74 bits per heavy atom. The molecule has 0 bridgehead atoms. The molecule has 2 aliphatic rings. The van der Waals surface area contributed by atoms with E-state index in [9.17, 15) is 4.39 Å². The molecule has 2 fully saturated rings. The number of hydrogen-bond donors (Lipinski definition) is 3. The summed E-state index contributed by atoms with van der Waals surface area (Å²) in [6.45, 7) is 4.41. The van der Waals surface area contributed by atoms with Crippen LogP contribution in [0, 0.1) is 11.7 Å². The summed E-state index contributed by atoms with van der Waals surface area (Å²) in [6, 6.07) is 10.9. The number of halogens is 2. The minimum atomic E-state index is -0.411. The molecule has 3 N–H and O–H groups in total. The lowest BCUT2D eigenvalue weighted by atomic mass is 9.76. The third-order valence-corrected chi connectivity index (χ3v) is 7.37. The van der Waals surface area contributed by atoms with Crippen LogP contribution in [0.5, 0.6) is 0 Å². The maximum Gasteiger partial charge on any atom is 0.139 e. The van der Waals surface area contributed by atoms with E-state index in [0.29, 0.717) is 44.9 Å². The van der Waals surface area contributed by atoms with Crippen LogP contribution in [0.1, 0.15) is 37.8 Å². The summed E-state index contributed by atoms with van der Waals surface area (Å²) in [5.41, 5.74) is 9.49. The van der Waals surface area contributed by atoms with E-state index in [2.05, 4.69) is 51.0 Å². The average Bonchev–Trinajstić information content (AvgIpc) is 2.76. The van der Waals surface area contributed by atoms with E-state index in [1.807, 2.05) is 12.3 Å². The van der Waals surface area contributed by atoms with E-state index in [1.165, 1.54) is 18.2 Å². The number of likely N-dealkylation sites (tertiary alicyclic amines) is 1. The van der Waals surface area contributed by atoms with Gasteiger partial charge in [-0.1, -0.05) is 18.5 Å². The number of nitrogens with one attached hydrogen (secondary N) is 1. The first kappa shape index (κ1) is 23.5. The second kappa shape index (κ2) is 9.77. The molecule has 9 heteroatoms. The van der Waals surface area contributed by atoms with Crippen molar-refractivity contribution >= 4 is 35.6 Å². The third kappa shape index (κ3) is 5.05. The molecule has 1 saturated carbocycles. The van der Waals surface area contributed by atoms with Gasteiger partial charge in [0.05, 0.1) is 11.4 Å². The first-order valence-electron chi connectivity index (χ1n) is 11.6. The molecule has 2 atom stereocenters. The monoisotopic (exact) mass is 498 g/mol. The lowest BCUT2D eigenvalue weighted by Gasteiger charge is -2.47. The first-order valence-corrected chi connectivity index (χ1v) is 12.4. The highest BCUT2D eigenvalue weighted by molar-refractivity contribution is 7.80. The standard InChI is InChI=1S/C25H28ClFN6S/c1-14-6-17(28)13-33(12-14)19-7-15(8-19)22-10-18(4-5-29-22)30-24-11-23(31-32-25(24)34)20-9-16(26)2-3-21(20)27/h2-5,9-11,14-15,17,19H,6-8,12-13,28H2,1H3,(H,32,34)(H,29,30,31).